The lowest BCUT2D eigenvalue weighted by Gasteiger charge is -2.09. The van der Waals surface area contributed by atoms with Crippen molar-refractivity contribution in [3.63, 3.8) is 0 Å². The lowest BCUT2D eigenvalue weighted by atomic mass is 10.0. The summed E-state index contributed by atoms with van der Waals surface area (Å²) < 4.78 is 7.21. The number of anilines is 1. The van der Waals surface area contributed by atoms with Crippen LogP contribution in [0.1, 0.15) is 24.6 Å². The smallest absolute Gasteiger partial charge is 0.300 e. The topological polar surface area (TPSA) is 139 Å². The van der Waals surface area contributed by atoms with E-state index >= 15 is 0 Å². The third kappa shape index (κ3) is 5.18. The number of methoxy groups -OCH3 is 1. The molecule has 0 fully saturated rings. The fourth-order valence-corrected chi connectivity index (χ4v) is 3.29. The molecule has 9 heteroatoms. The summed E-state index contributed by atoms with van der Waals surface area (Å²) in [5.41, 5.74) is 10.6. The molecular formula is C22H24N6O3. The maximum absolute atomic E-state index is 9.60. The van der Waals surface area contributed by atoms with Crippen LogP contribution < -0.4 is 15.8 Å². The number of hydrogen-bond acceptors (Lipinski definition) is 7. The Balaban J connectivity index is 0.000000628. The zero-order valence-electron chi connectivity index (χ0n) is 17.4. The van der Waals surface area contributed by atoms with Crippen molar-refractivity contribution in [2.45, 2.75) is 26.4 Å². The number of benzene rings is 1. The van der Waals surface area contributed by atoms with Gasteiger partial charge in [-0.2, -0.15) is 10.4 Å². The van der Waals surface area contributed by atoms with Gasteiger partial charge in [-0.1, -0.05) is 0 Å². The molecule has 0 saturated carbocycles. The number of pyridine rings is 1. The van der Waals surface area contributed by atoms with E-state index in [0.717, 1.165) is 55.7 Å². The zero-order valence-corrected chi connectivity index (χ0v) is 17.4. The largest absolute Gasteiger partial charge is 0.497 e. The van der Waals surface area contributed by atoms with Gasteiger partial charge in [-0.3, -0.25) is 9.48 Å². The van der Waals surface area contributed by atoms with E-state index in [2.05, 4.69) is 16.4 Å². The lowest BCUT2D eigenvalue weighted by Crippen LogP contribution is -2.11. The SMILES string of the molecule is CC(=O)O.COc1ccc(-c2cc(-c3cc4n(n3)CCCNC4)c(C#N)c(N)n2)cc1. The molecule has 0 aliphatic carbocycles. The molecule has 0 spiro atoms. The molecule has 0 bridgehead atoms. The predicted molar refractivity (Wildman–Crippen MR) is 116 cm³/mol. The van der Waals surface area contributed by atoms with Gasteiger partial charge in [-0.05, 0) is 49.4 Å². The Morgan fingerprint density at radius 1 is 1.29 bits per heavy atom. The van der Waals surface area contributed by atoms with Crippen molar-refractivity contribution in [2.75, 3.05) is 19.4 Å². The number of hydrogen-bond donors (Lipinski definition) is 3. The number of nitrogens with zero attached hydrogens (tertiary/aromatic N) is 4. The van der Waals surface area contributed by atoms with Crippen LogP contribution in [-0.4, -0.2) is 39.5 Å². The first kappa shape index (κ1) is 21.8. The Morgan fingerprint density at radius 2 is 2.00 bits per heavy atom. The van der Waals surface area contributed by atoms with Gasteiger partial charge in [0.25, 0.3) is 5.97 Å². The quantitative estimate of drug-likeness (QED) is 0.588. The third-order valence-electron chi connectivity index (χ3n) is 4.71. The number of aromatic nitrogens is 3. The zero-order chi connectivity index (χ0) is 22.4. The maximum atomic E-state index is 9.60. The number of carboxylic acid groups (broad SMARTS) is 1. The van der Waals surface area contributed by atoms with Crippen molar-refractivity contribution in [2.24, 2.45) is 0 Å². The van der Waals surface area contributed by atoms with E-state index in [-0.39, 0.29) is 5.82 Å². The lowest BCUT2D eigenvalue weighted by molar-refractivity contribution is -0.134. The number of fused-ring (bicyclic) bond motifs is 1. The Morgan fingerprint density at radius 3 is 2.65 bits per heavy atom. The van der Waals surface area contributed by atoms with E-state index in [0.29, 0.717) is 16.8 Å². The summed E-state index contributed by atoms with van der Waals surface area (Å²) in [5.74, 6) is 0.146. The number of nitriles is 1. The van der Waals surface area contributed by atoms with Crippen LogP contribution in [-0.2, 0) is 17.9 Å². The number of nitrogens with two attached hydrogens (primary N) is 1. The van der Waals surface area contributed by atoms with Gasteiger partial charge >= 0.3 is 0 Å². The van der Waals surface area contributed by atoms with Crippen molar-refractivity contribution in [3.8, 4) is 34.3 Å². The molecule has 160 valence electrons. The summed E-state index contributed by atoms with van der Waals surface area (Å²) in [5, 5.41) is 25.1. The minimum atomic E-state index is -0.833. The van der Waals surface area contributed by atoms with Gasteiger partial charge < -0.3 is 20.9 Å². The van der Waals surface area contributed by atoms with Crippen molar-refractivity contribution in [1.29, 1.82) is 5.26 Å². The molecule has 0 unspecified atom stereocenters. The summed E-state index contributed by atoms with van der Waals surface area (Å²) in [6, 6.07) is 13.7. The molecule has 0 amide bonds. The van der Waals surface area contributed by atoms with Crippen molar-refractivity contribution in [1.82, 2.24) is 20.1 Å². The Bertz CT molecular complexity index is 1090. The van der Waals surface area contributed by atoms with Crippen LogP contribution in [0.2, 0.25) is 0 Å². The highest BCUT2D eigenvalue weighted by atomic mass is 16.5. The van der Waals surface area contributed by atoms with Crippen LogP contribution in [0.5, 0.6) is 5.75 Å². The Labute approximate surface area is 180 Å². The summed E-state index contributed by atoms with van der Waals surface area (Å²) in [7, 11) is 1.63. The minimum absolute atomic E-state index is 0.210. The summed E-state index contributed by atoms with van der Waals surface area (Å²) in [4.78, 5) is 13.4. The molecule has 3 heterocycles. The normalized spacial score (nSPS) is 12.5. The van der Waals surface area contributed by atoms with E-state index in [4.69, 9.17) is 25.5 Å². The van der Waals surface area contributed by atoms with Gasteiger partial charge in [0.05, 0.1) is 24.2 Å². The Kier molecular flexibility index (Phi) is 6.85. The van der Waals surface area contributed by atoms with E-state index in [9.17, 15) is 5.26 Å². The molecule has 3 aromatic rings. The van der Waals surface area contributed by atoms with Crippen LogP contribution in [0.15, 0.2) is 36.4 Å². The highest BCUT2D eigenvalue weighted by Gasteiger charge is 2.18. The molecule has 1 aliphatic heterocycles. The van der Waals surface area contributed by atoms with Gasteiger partial charge in [0.15, 0.2) is 0 Å². The summed E-state index contributed by atoms with van der Waals surface area (Å²) >= 11 is 0. The van der Waals surface area contributed by atoms with Crippen molar-refractivity contribution in [3.05, 3.63) is 47.7 Å². The number of nitrogen functional groups attached to an aromatic ring is 1. The second-order valence-corrected chi connectivity index (χ2v) is 6.95. The molecule has 2 aromatic heterocycles. The second kappa shape index (κ2) is 9.73. The van der Waals surface area contributed by atoms with Crippen LogP contribution in [0.4, 0.5) is 5.82 Å². The molecule has 0 radical (unpaired) electrons. The highest BCUT2D eigenvalue weighted by Crippen LogP contribution is 2.31. The van der Waals surface area contributed by atoms with Crippen LogP contribution >= 0.6 is 0 Å². The first-order valence-electron chi connectivity index (χ1n) is 9.75. The number of rotatable bonds is 3. The van der Waals surface area contributed by atoms with Crippen LogP contribution in [0.3, 0.4) is 0 Å². The predicted octanol–water partition coefficient (Wildman–Crippen LogP) is 2.66. The Hall–Kier alpha value is -3.90. The van der Waals surface area contributed by atoms with E-state index < -0.39 is 5.97 Å². The number of carbonyl (C=O) groups is 1. The molecule has 1 aliphatic rings. The van der Waals surface area contributed by atoms with Crippen LogP contribution in [0, 0.1) is 11.3 Å². The number of aryl methyl sites for hydroxylation is 1. The van der Waals surface area contributed by atoms with Gasteiger partial charge in [0, 0.05) is 31.1 Å². The summed E-state index contributed by atoms with van der Waals surface area (Å²) in [6.07, 6.45) is 1.02. The third-order valence-corrected chi connectivity index (χ3v) is 4.71. The number of ether oxygens (including phenoxy) is 1. The average molecular weight is 420 g/mol. The van der Waals surface area contributed by atoms with Gasteiger partial charge in [-0.25, -0.2) is 4.98 Å². The summed E-state index contributed by atoms with van der Waals surface area (Å²) in [6.45, 7) is 3.68. The van der Waals surface area contributed by atoms with Gasteiger partial charge in [0.2, 0.25) is 0 Å². The molecule has 0 saturated heterocycles. The monoisotopic (exact) mass is 420 g/mol. The molecule has 0 atom stereocenters. The number of nitrogens with one attached hydrogen (secondary N) is 1. The van der Waals surface area contributed by atoms with E-state index in [1.165, 1.54) is 0 Å². The first-order chi connectivity index (χ1) is 14.9. The van der Waals surface area contributed by atoms with Crippen molar-refractivity contribution >= 4 is 11.8 Å². The number of carboxylic acids is 1. The van der Waals surface area contributed by atoms with Gasteiger partial charge in [0.1, 0.15) is 23.2 Å². The van der Waals surface area contributed by atoms with Crippen molar-refractivity contribution < 1.29 is 14.6 Å². The van der Waals surface area contributed by atoms with Gasteiger partial charge in [-0.15, -0.1) is 0 Å². The molecular weight excluding hydrogens is 396 g/mol. The number of aliphatic carboxylic acids is 1. The second-order valence-electron chi connectivity index (χ2n) is 6.95. The fraction of sp³-hybridized carbons (Fsp3) is 0.273. The molecule has 1 aromatic carbocycles. The van der Waals surface area contributed by atoms with Crippen LogP contribution in [0.25, 0.3) is 22.5 Å². The maximum Gasteiger partial charge on any atom is 0.300 e. The molecule has 4 N–H and O–H groups in total. The first-order valence-corrected chi connectivity index (χ1v) is 9.75. The standard InChI is InChI=1S/C20H20N6O.C2H4O2/c1-27-15-5-3-13(4-6-15)18-10-16(17(11-21)20(22)24-18)19-9-14-12-23-7-2-8-26(14)25-19;1-2(3)4/h3-6,9-10,23H,2,7-8,12H2,1H3,(H2,22,24);1H3,(H,3,4). The van der Waals surface area contributed by atoms with E-state index in [1.807, 2.05) is 41.1 Å². The minimum Gasteiger partial charge on any atom is -0.497 e. The highest BCUT2D eigenvalue weighted by molar-refractivity contribution is 5.78. The molecule has 31 heavy (non-hydrogen) atoms. The fourth-order valence-electron chi connectivity index (χ4n) is 3.29. The molecule has 4 rings (SSSR count). The molecule has 9 nitrogen and oxygen atoms in total. The average Bonchev–Trinajstić information content (AvgIpc) is 3.03. The van der Waals surface area contributed by atoms with E-state index in [1.54, 1.807) is 7.11 Å².